The van der Waals surface area contributed by atoms with E-state index in [1.807, 2.05) is 0 Å². The van der Waals surface area contributed by atoms with Crippen LogP contribution in [0.4, 0.5) is 0 Å². The predicted octanol–water partition coefficient (Wildman–Crippen LogP) is -2.18. The number of rotatable bonds is 2. The van der Waals surface area contributed by atoms with Gasteiger partial charge in [-0.15, -0.1) is 12.4 Å². The van der Waals surface area contributed by atoms with Crippen molar-refractivity contribution in [2.75, 3.05) is 13.5 Å². The standard InChI is InChI=1S/C4H11N5O2.ClH/c5-3(6)9(2-11)4(7)8-1-10;/h10-11H,1-2H2,(H3,5,6)(H2,7,8);1H. The number of aliphatic imine (C=N–C) groups is 1. The maximum atomic E-state index is 8.56. The monoisotopic (exact) mass is 197 g/mol. The molecule has 0 saturated heterocycles. The van der Waals surface area contributed by atoms with Crippen LogP contribution < -0.4 is 11.5 Å². The van der Waals surface area contributed by atoms with Crippen LogP contribution in [0, 0.1) is 5.41 Å². The molecule has 0 aromatic carbocycles. The topological polar surface area (TPSA) is 132 Å². The highest BCUT2D eigenvalue weighted by atomic mass is 35.5. The summed E-state index contributed by atoms with van der Waals surface area (Å²) in [5.41, 5.74) is 10.2. The molecule has 0 saturated carbocycles. The Morgan fingerprint density at radius 2 is 1.92 bits per heavy atom. The molecule has 0 radical (unpaired) electrons. The zero-order valence-electron chi connectivity index (χ0n) is 6.27. The first-order valence-electron chi connectivity index (χ1n) is 2.76. The molecule has 0 bridgehead atoms. The third-order valence-corrected chi connectivity index (χ3v) is 0.941. The second-order valence-electron chi connectivity index (χ2n) is 1.61. The fourth-order valence-corrected chi connectivity index (χ4v) is 0.430. The molecule has 0 aromatic heterocycles. The van der Waals surface area contributed by atoms with Gasteiger partial charge in [-0.2, -0.15) is 0 Å². The molecule has 0 unspecified atom stereocenters. The minimum Gasteiger partial charge on any atom is -0.376 e. The summed E-state index contributed by atoms with van der Waals surface area (Å²) >= 11 is 0. The number of aliphatic hydroxyl groups excluding tert-OH is 2. The van der Waals surface area contributed by atoms with Gasteiger partial charge in [-0.1, -0.05) is 0 Å². The molecule has 0 spiro atoms. The number of nitrogens with zero attached hydrogens (tertiary/aromatic N) is 2. The van der Waals surface area contributed by atoms with Gasteiger partial charge < -0.3 is 21.7 Å². The smallest absolute Gasteiger partial charge is 0.202 e. The fraction of sp³-hybridized carbons (Fsp3) is 0.500. The first kappa shape index (κ1) is 13.5. The number of hydrogen-bond donors (Lipinski definition) is 5. The highest BCUT2D eigenvalue weighted by Crippen LogP contribution is 1.82. The van der Waals surface area contributed by atoms with Crippen LogP contribution in [-0.4, -0.2) is 40.5 Å². The summed E-state index contributed by atoms with van der Waals surface area (Å²) < 4.78 is 0. The molecule has 8 heteroatoms. The molecule has 0 fully saturated rings. The van der Waals surface area contributed by atoms with E-state index in [9.17, 15) is 0 Å². The van der Waals surface area contributed by atoms with Gasteiger partial charge >= 0.3 is 0 Å². The Bertz CT molecular complexity index is 173. The minimum atomic E-state index is -0.537. The van der Waals surface area contributed by atoms with E-state index in [4.69, 9.17) is 27.1 Å². The molecule has 0 rings (SSSR count). The number of halogens is 1. The third-order valence-electron chi connectivity index (χ3n) is 0.941. The number of hydrogen-bond acceptors (Lipinski definition) is 4. The molecule has 0 atom stereocenters. The van der Waals surface area contributed by atoms with Gasteiger partial charge in [-0.05, 0) is 0 Å². The first-order chi connectivity index (χ1) is 5.13. The Hall–Kier alpha value is -1.05. The lowest BCUT2D eigenvalue weighted by molar-refractivity contribution is 0.215. The second kappa shape index (κ2) is 6.65. The van der Waals surface area contributed by atoms with E-state index in [2.05, 4.69) is 4.99 Å². The average Bonchev–Trinajstić information content (AvgIpc) is 1.88. The summed E-state index contributed by atoms with van der Waals surface area (Å²) in [6.07, 6.45) is 0. The van der Waals surface area contributed by atoms with Crippen LogP contribution in [0.15, 0.2) is 4.99 Å². The van der Waals surface area contributed by atoms with Gasteiger partial charge in [0.1, 0.15) is 13.5 Å². The quantitative estimate of drug-likeness (QED) is 0.195. The fourth-order valence-electron chi connectivity index (χ4n) is 0.430. The van der Waals surface area contributed by atoms with Crippen LogP contribution in [0.1, 0.15) is 0 Å². The SMILES string of the molecule is Cl.N=C(N)N(CO)C(N)=NCO. The first-order valence-corrected chi connectivity index (χ1v) is 2.76. The Balaban J connectivity index is 0. The minimum absolute atomic E-state index is 0. The lowest BCUT2D eigenvalue weighted by Crippen LogP contribution is -2.46. The van der Waals surface area contributed by atoms with Gasteiger partial charge in [0, 0.05) is 0 Å². The van der Waals surface area contributed by atoms with E-state index in [1.54, 1.807) is 0 Å². The van der Waals surface area contributed by atoms with E-state index in [1.165, 1.54) is 0 Å². The van der Waals surface area contributed by atoms with Crippen molar-refractivity contribution in [1.82, 2.24) is 4.90 Å². The van der Waals surface area contributed by atoms with Crippen molar-refractivity contribution in [2.24, 2.45) is 16.5 Å². The molecule has 7 N–H and O–H groups in total. The lowest BCUT2D eigenvalue weighted by Gasteiger charge is -2.17. The number of aliphatic hydroxyl groups is 2. The van der Waals surface area contributed by atoms with Crippen molar-refractivity contribution >= 4 is 24.3 Å². The molecule has 72 valence electrons. The second-order valence-corrected chi connectivity index (χ2v) is 1.61. The van der Waals surface area contributed by atoms with Crippen molar-refractivity contribution in [3.05, 3.63) is 0 Å². The van der Waals surface area contributed by atoms with Crippen LogP contribution in [0.5, 0.6) is 0 Å². The van der Waals surface area contributed by atoms with Crippen LogP contribution >= 0.6 is 12.4 Å². The normalized spacial score (nSPS) is 10.3. The van der Waals surface area contributed by atoms with Crippen molar-refractivity contribution in [2.45, 2.75) is 0 Å². The average molecular weight is 198 g/mol. The Morgan fingerprint density at radius 3 is 2.17 bits per heavy atom. The molecule has 0 aliphatic rings. The zero-order valence-corrected chi connectivity index (χ0v) is 7.08. The van der Waals surface area contributed by atoms with Gasteiger partial charge in [0.15, 0.2) is 5.96 Å². The molecule has 0 aliphatic carbocycles. The van der Waals surface area contributed by atoms with Crippen LogP contribution in [0.25, 0.3) is 0 Å². The maximum Gasteiger partial charge on any atom is 0.202 e. The summed E-state index contributed by atoms with van der Waals surface area (Å²) in [5, 5.41) is 23.7. The zero-order chi connectivity index (χ0) is 8.85. The number of nitrogens with one attached hydrogen (secondary N) is 1. The van der Waals surface area contributed by atoms with Crippen molar-refractivity contribution in [1.29, 1.82) is 5.41 Å². The van der Waals surface area contributed by atoms with Crippen LogP contribution in [-0.2, 0) is 0 Å². The Kier molecular flexibility index (Phi) is 7.50. The van der Waals surface area contributed by atoms with Crippen molar-refractivity contribution in [3.8, 4) is 0 Å². The third kappa shape index (κ3) is 3.96. The van der Waals surface area contributed by atoms with E-state index in [0.29, 0.717) is 0 Å². The van der Waals surface area contributed by atoms with E-state index in [-0.39, 0.29) is 18.4 Å². The summed E-state index contributed by atoms with van der Waals surface area (Å²) in [6, 6.07) is 0. The Morgan fingerprint density at radius 1 is 1.42 bits per heavy atom. The molecule has 0 heterocycles. The molecule has 12 heavy (non-hydrogen) atoms. The highest BCUT2D eigenvalue weighted by Gasteiger charge is 2.07. The lowest BCUT2D eigenvalue weighted by atomic mass is 10.7. The predicted molar refractivity (Wildman–Crippen MR) is 46.8 cm³/mol. The Labute approximate surface area is 75.6 Å². The van der Waals surface area contributed by atoms with Gasteiger partial charge in [0.25, 0.3) is 0 Å². The van der Waals surface area contributed by atoms with E-state index >= 15 is 0 Å². The van der Waals surface area contributed by atoms with E-state index in [0.717, 1.165) is 4.90 Å². The van der Waals surface area contributed by atoms with Gasteiger partial charge in [0.2, 0.25) is 5.96 Å². The molecule has 0 aliphatic heterocycles. The summed E-state index contributed by atoms with van der Waals surface area (Å²) in [4.78, 5) is 4.14. The van der Waals surface area contributed by atoms with Crippen molar-refractivity contribution in [3.63, 3.8) is 0 Å². The molecule has 0 aromatic rings. The largest absolute Gasteiger partial charge is 0.376 e. The number of nitrogens with two attached hydrogens (primary N) is 2. The molecule has 0 amide bonds. The molecular formula is C4H12ClN5O2. The van der Waals surface area contributed by atoms with E-state index < -0.39 is 19.4 Å². The van der Waals surface area contributed by atoms with Crippen LogP contribution in [0.2, 0.25) is 0 Å². The van der Waals surface area contributed by atoms with Gasteiger partial charge in [0.05, 0.1) is 0 Å². The van der Waals surface area contributed by atoms with Crippen LogP contribution in [0.3, 0.4) is 0 Å². The van der Waals surface area contributed by atoms with Gasteiger partial charge in [-0.25, -0.2) is 4.99 Å². The molecule has 7 nitrogen and oxygen atoms in total. The summed E-state index contributed by atoms with van der Waals surface area (Å²) in [5.74, 6) is -0.621. The van der Waals surface area contributed by atoms with Gasteiger partial charge in [-0.3, -0.25) is 10.3 Å². The van der Waals surface area contributed by atoms with Crippen molar-refractivity contribution < 1.29 is 10.2 Å². The maximum absolute atomic E-state index is 8.56. The summed E-state index contributed by atoms with van der Waals surface area (Å²) in [6.45, 7) is -1.04. The molecular weight excluding hydrogens is 186 g/mol. The summed E-state index contributed by atoms with van der Waals surface area (Å²) in [7, 11) is 0. The number of guanidine groups is 2. The highest BCUT2D eigenvalue weighted by molar-refractivity contribution is 5.95.